The number of nitrogens with zero attached hydrogens (tertiary/aromatic N) is 1. The lowest BCUT2D eigenvalue weighted by molar-refractivity contribution is -0.156. The summed E-state index contributed by atoms with van der Waals surface area (Å²) in [5, 5.41) is 14.1. The second-order valence-electron chi connectivity index (χ2n) is 10.7. The molecule has 10 nitrogen and oxygen atoms in total. The summed E-state index contributed by atoms with van der Waals surface area (Å²) in [5.74, 6) is -1.61. The molecule has 39 heavy (non-hydrogen) atoms. The number of hydrogen-bond acceptors (Lipinski definition) is 4. The zero-order valence-electron chi connectivity index (χ0n) is 22.5. The topological polar surface area (TPSA) is 192 Å². The number of rotatable bonds is 9. The first-order valence-electron chi connectivity index (χ1n) is 12.8. The summed E-state index contributed by atoms with van der Waals surface area (Å²) in [6.45, 7) is 3.75. The Kier molecular flexibility index (Phi) is 10.4. The molecule has 2 amide bonds. The summed E-state index contributed by atoms with van der Waals surface area (Å²) in [4.78, 5) is 44.1. The normalized spacial score (nSPS) is 18.0. The Morgan fingerprint density at radius 1 is 1.10 bits per heavy atom. The lowest BCUT2D eigenvalue weighted by Gasteiger charge is -2.41. The van der Waals surface area contributed by atoms with Gasteiger partial charge in [-0.05, 0) is 56.7 Å². The molecular formula is C29H40N4O6. The average Bonchev–Trinajstić information content (AvgIpc) is 3.29. The zero-order chi connectivity index (χ0) is 26.6. The van der Waals surface area contributed by atoms with Gasteiger partial charge in [-0.25, -0.2) is 0 Å². The zero-order valence-corrected chi connectivity index (χ0v) is 22.5. The molecule has 0 radical (unpaired) electrons. The number of nitrogens with one attached hydrogen (secondary N) is 2. The molecule has 2 atom stereocenters. The van der Waals surface area contributed by atoms with Crippen LogP contribution in [0.2, 0.25) is 0 Å². The van der Waals surface area contributed by atoms with Crippen LogP contribution < -0.4 is 11.1 Å². The van der Waals surface area contributed by atoms with Crippen molar-refractivity contribution in [2.24, 2.45) is 11.1 Å². The highest BCUT2D eigenvalue weighted by Crippen LogP contribution is 2.36. The summed E-state index contributed by atoms with van der Waals surface area (Å²) < 4.78 is 0. The number of para-hydroxylation sites is 1. The first kappa shape index (κ1) is 31.5. The molecule has 2 aromatic carbocycles. The number of amides is 2. The van der Waals surface area contributed by atoms with E-state index in [2.05, 4.69) is 10.3 Å². The molecule has 212 valence electrons. The number of H-pyrrole nitrogens is 1. The van der Waals surface area contributed by atoms with E-state index in [0.717, 1.165) is 22.0 Å². The number of aliphatic carboxylic acids is 1. The molecule has 0 unspecified atom stereocenters. The number of aromatic nitrogens is 1. The highest BCUT2D eigenvalue weighted by Gasteiger charge is 2.44. The summed E-state index contributed by atoms with van der Waals surface area (Å²) >= 11 is 0. The fourth-order valence-electron chi connectivity index (χ4n) is 5.12. The van der Waals surface area contributed by atoms with Crippen LogP contribution >= 0.6 is 0 Å². The van der Waals surface area contributed by atoms with Gasteiger partial charge in [-0.15, -0.1) is 0 Å². The number of fused-ring (bicyclic) bond motifs is 1. The van der Waals surface area contributed by atoms with Gasteiger partial charge in [0.25, 0.3) is 0 Å². The number of likely N-dealkylation sites (tertiary alicyclic amines) is 1. The molecule has 1 fully saturated rings. The number of aryl methyl sites for hydroxylation is 1. The molecule has 1 aliphatic heterocycles. The minimum Gasteiger partial charge on any atom is -0.481 e. The van der Waals surface area contributed by atoms with Crippen LogP contribution in [0.1, 0.15) is 44.2 Å². The van der Waals surface area contributed by atoms with Gasteiger partial charge in [0.05, 0.1) is 11.0 Å². The quantitative estimate of drug-likeness (QED) is 0.320. The largest absolute Gasteiger partial charge is 0.481 e. The van der Waals surface area contributed by atoms with Crippen molar-refractivity contribution < 1.29 is 30.4 Å². The predicted octanol–water partition coefficient (Wildman–Crippen LogP) is 1.61. The van der Waals surface area contributed by atoms with Crippen molar-refractivity contribution in [2.45, 2.75) is 57.5 Å². The Morgan fingerprint density at radius 2 is 1.77 bits per heavy atom. The maximum absolute atomic E-state index is 13.9. The number of carboxylic acids is 1. The lowest BCUT2D eigenvalue weighted by atomic mass is 9.75. The van der Waals surface area contributed by atoms with E-state index in [-0.39, 0.29) is 29.8 Å². The van der Waals surface area contributed by atoms with Crippen LogP contribution in [-0.4, -0.2) is 68.4 Å². The fourth-order valence-corrected chi connectivity index (χ4v) is 5.12. The molecular weight excluding hydrogens is 500 g/mol. The van der Waals surface area contributed by atoms with Gasteiger partial charge in [-0.2, -0.15) is 0 Å². The molecule has 0 bridgehead atoms. The number of carbonyl (C=O) groups is 3. The highest BCUT2D eigenvalue weighted by atomic mass is 16.4. The Bertz CT molecular complexity index is 1270. The van der Waals surface area contributed by atoms with Crippen molar-refractivity contribution >= 4 is 28.7 Å². The first-order valence-corrected chi connectivity index (χ1v) is 12.8. The van der Waals surface area contributed by atoms with Crippen LogP contribution in [0, 0.1) is 5.41 Å². The molecule has 4 rings (SSSR count). The second-order valence-corrected chi connectivity index (χ2v) is 10.7. The highest BCUT2D eigenvalue weighted by molar-refractivity contribution is 5.93. The number of hydrogen-bond donors (Lipinski definition) is 4. The van der Waals surface area contributed by atoms with Gasteiger partial charge in [0, 0.05) is 36.6 Å². The Morgan fingerprint density at radius 3 is 2.44 bits per heavy atom. The molecule has 9 N–H and O–H groups in total. The standard InChI is InChI=1S/C29H36N4O4.2H2O/c1-28(2,30)26(35)32-24(17-21-18-31-23-12-7-6-11-22(21)23)25(34)33-16-8-14-29(19-33,27(36)37)15-13-20-9-4-3-5-10-20;;/h3-7,9-12,18,24,31H,8,13-17,19,30H2,1-2H3,(H,32,35)(H,36,37);2*1H2/t24-,29+;;/m1../s1. The van der Waals surface area contributed by atoms with E-state index in [9.17, 15) is 19.5 Å². The summed E-state index contributed by atoms with van der Waals surface area (Å²) in [7, 11) is 0. The van der Waals surface area contributed by atoms with E-state index >= 15 is 0 Å². The van der Waals surface area contributed by atoms with Gasteiger partial charge in [0.1, 0.15) is 6.04 Å². The molecule has 0 aliphatic carbocycles. The van der Waals surface area contributed by atoms with Gasteiger partial charge in [-0.1, -0.05) is 48.5 Å². The van der Waals surface area contributed by atoms with E-state index < -0.39 is 28.9 Å². The molecule has 1 aliphatic rings. The van der Waals surface area contributed by atoms with Gasteiger partial charge in [-0.3, -0.25) is 14.4 Å². The van der Waals surface area contributed by atoms with Gasteiger partial charge < -0.3 is 37.0 Å². The number of aromatic amines is 1. The second kappa shape index (κ2) is 12.9. The SMILES string of the molecule is CC(C)(N)C(=O)N[C@H](Cc1c[nH]c2ccccc12)C(=O)N1CCC[C@@](CCc2ccccc2)(C(=O)O)C1.O.O. The summed E-state index contributed by atoms with van der Waals surface area (Å²) in [6.07, 6.45) is 4.27. The van der Waals surface area contributed by atoms with Crippen molar-refractivity contribution in [3.05, 3.63) is 71.9 Å². The maximum Gasteiger partial charge on any atom is 0.311 e. The minimum absolute atomic E-state index is 0. The fraction of sp³-hybridized carbons (Fsp3) is 0.414. The Balaban J connectivity index is 0.00000267. The monoisotopic (exact) mass is 540 g/mol. The smallest absolute Gasteiger partial charge is 0.311 e. The third kappa shape index (κ3) is 7.23. The van der Waals surface area contributed by atoms with Crippen molar-refractivity contribution in [1.29, 1.82) is 0 Å². The van der Waals surface area contributed by atoms with Crippen LogP contribution in [0.15, 0.2) is 60.8 Å². The first-order chi connectivity index (χ1) is 17.6. The Labute approximate surface area is 228 Å². The third-order valence-corrected chi connectivity index (χ3v) is 7.36. The van der Waals surface area contributed by atoms with E-state index in [0.29, 0.717) is 32.2 Å². The van der Waals surface area contributed by atoms with Crippen LogP contribution in [0.5, 0.6) is 0 Å². The number of nitrogens with two attached hydrogens (primary N) is 1. The van der Waals surface area contributed by atoms with E-state index in [1.54, 1.807) is 18.7 Å². The molecule has 0 spiro atoms. The summed E-state index contributed by atoms with van der Waals surface area (Å²) in [5.41, 5.74) is 6.74. The van der Waals surface area contributed by atoms with Crippen molar-refractivity contribution in [3.8, 4) is 0 Å². The predicted molar refractivity (Wildman–Crippen MR) is 150 cm³/mol. The van der Waals surface area contributed by atoms with Gasteiger partial charge in [0.2, 0.25) is 11.8 Å². The summed E-state index contributed by atoms with van der Waals surface area (Å²) in [6, 6.07) is 16.7. The van der Waals surface area contributed by atoms with Crippen LogP contribution in [-0.2, 0) is 27.2 Å². The van der Waals surface area contributed by atoms with Crippen LogP contribution in [0.25, 0.3) is 10.9 Å². The maximum atomic E-state index is 13.9. The third-order valence-electron chi connectivity index (χ3n) is 7.36. The molecule has 0 saturated carbocycles. The van der Waals surface area contributed by atoms with Crippen LogP contribution in [0.3, 0.4) is 0 Å². The molecule has 10 heteroatoms. The molecule has 2 heterocycles. The minimum atomic E-state index is -1.17. The number of piperidine rings is 1. The van der Waals surface area contributed by atoms with Gasteiger partial charge in [0.15, 0.2) is 0 Å². The molecule has 3 aromatic rings. The van der Waals surface area contributed by atoms with Crippen molar-refractivity contribution in [1.82, 2.24) is 15.2 Å². The van der Waals surface area contributed by atoms with E-state index in [1.165, 1.54) is 0 Å². The number of benzene rings is 2. The van der Waals surface area contributed by atoms with Crippen molar-refractivity contribution in [2.75, 3.05) is 13.1 Å². The van der Waals surface area contributed by atoms with Crippen molar-refractivity contribution in [3.63, 3.8) is 0 Å². The number of carbonyl (C=O) groups excluding carboxylic acids is 2. The van der Waals surface area contributed by atoms with E-state index in [1.807, 2.05) is 60.8 Å². The van der Waals surface area contributed by atoms with Gasteiger partial charge >= 0.3 is 5.97 Å². The lowest BCUT2D eigenvalue weighted by Crippen LogP contribution is -2.59. The van der Waals surface area contributed by atoms with Crippen LogP contribution in [0.4, 0.5) is 0 Å². The Hall–Kier alpha value is -3.73. The number of carboxylic acid groups (broad SMARTS) is 1. The molecule has 1 saturated heterocycles. The average molecular weight is 541 g/mol. The molecule has 1 aromatic heterocycles. The van der Waals surface area contributed by atoms with E-state index in [4.69, 9.17) is 5.73 Å².